The van der Waals surface area contributed by atoms with Crippen LogP contribution >= 0.6 is 22.7 Å². The van der Waals surface area contributed by atoms with E-state index in [0.717, 1.165) is 16.1 Å². The van der Waals surface area contributed by atoms with Gasteiger partial charge in [0, 0.05) is 5.38 Å². The largest absolute Gasteiger partial charge is 0.300 e. The first-order chi connectivity index (χ1) is 12.6. The van der Waals surface area contributed by atoms with Crippen molar-refractivity contribution in [3.63, 3.8) is 0 Å². The number of carbonyl (C=O) groups excluding carboxylic acids is 1. The number of nitrogens with zero attached hydrogens (tertiary/aromatic N) is 3. The quantitative estimate of drug-likeness (QED) is 0.586. The predicted molar refractivity (Wildman–Crippen MR) is 105 cm³/mol. The highest BCUT2D eigenvalue weighted by Gasteiger charge is 2.12. The lowest BCUT2D eigenvalue weighted by Crippen LogP contribution is -2.28. The van der Waals surface area contributed by atoms with Crippen LogP contribution < -0.4 is 10.9 Å². The Morgan fingerprint density at radius 2 is 2.12 bits per heavy atom. The standard InChI is InChI=1S/C18H14N4O2S2/c1-11-4-2-5-12-16(11)19-10-22(17(12)24)8-15(23)21-18-20-13(9-26-18)14-6-3-7-25-14/h2-7,9-10H,8H2,1H3,(H,20,21,23). The van der Waals surface area contributed by atoms with E-state index in [9.17, 15) is 9.59 Å². The summed E-state index contributed by atoms with van der Waals surface area (Å²) in [4.78, 5) is 34.6. The highest BCUT2D eigenvalue weighted by Crippen LogP contribution is 2.28. The summed E-state index contributed by atoms with van der Waals surface area (Å²) in [5, 5.41) is 7.64. The van der Waals surface area contributed by atoms with Gasteiger partial charge in [-0.15, -0.1) is 22.7 Å². The molecule has 0 aliphatic heterocycles. The molecule has 1 N–H and O–H groups in total. The zero-order chi connectivity index (χ0) is 18.1. The number of aromatic nitrogens is 3. The van der Waals surface area contributed by atoms with Gasteiger partial charge in [-0.2, -0.15) is 0 Å². The van der Waals surface area contributed by atoms with Gasteiger partial charge in [0.1, 0.15) is 6.54 Å². The molecule has 0 unspecified atom stereocenters. The van der Waals surface area contributed by atoms with Crippen molar-refractivity contribution in [3.8, 4) is 10.6 Å². The van der Waals surface area contributed by atoms with E-state index in [1.54, 1.807) is 17.4 Å². The third kappa shape index (κ3) is 3.16. The van der Waals surface area contributed by atoms with E-state index in [1.807, 2.05) is 41.9 Å². The number of hydrogen-bond acceptors (Lipinski definition) is 6. The van der Waals surface area contributed by atoms with Crippen molar-refractivity contribution in [3.05, 3.63) is 63.3 Å². The number of hydrogen-bond donors (Lipinski definition) is 1. The van der Waals surface area contributed by atoms with Crippen LogP contribution in [0.3, 0.4) is 0 Å². The number of thiophene rings is 1. The topological polar surface area (TPSA) is 76.9 Å². The van der Waals surface area contributed by atoms with Gasteiger partial charge in [0.2, 0.25) is 5.91 Å². The number of anilines is 1. The molecule has 3 heterocycles. The third-order valence-electron chi connectivity index (χ3n) is 3.89. The molecule has 0 spiro atoms. The first kappa shape index (κ1) is 16.6. The zero-order valence-corrected chi connectivity index (χ0v) is 15.4. The number of fused-ring (bicyclic) bond motifs is 1. The van der Waals surface area contributed by atoms with E-state index in [2.05, 4.69) is 15.3 Å². The highest BCUT2D eigenvalue weighted by molar-refractivity contribution is 7.16. The molecule has 3 aromatic heterocycles. The third-order valence-corrected chi connectivity index (χ3v) is 5.54. The van der Waals surface area contributed by atoms with Crippen molar-refractivity contribution < 1.29 is 4.79 Å². The van der Waals surface area contributed by atoms with Crippen molar-refractivity contribution >= 4 is 44.6 Å². The van der Waals surface area contributed by atoms with E-state index >= 15 is 0 Å². The Kier molecular flexibility index (Phi) is 4.36. The van der Waals surface area contributed by atoms with Crippen LogP contribution in [-0.2, 0) is 11.3 Å². The number of rotatable bonds is 4. The van der Waals surface area contributed by atoms with Crippen LogP contribution in [0.5, 0.6) is 0 Å². The summed E-state index contributed by atoms with van der Waals surface area (Å²) in [5.74, 6) is -0.312. The molecule has 0 saturated carbocycles. The maximum Gasteiger partial charge on any atom is 0.261 e. The fourth-order valence-electron chi connectivity index (χ4n) is 2.63. The van der Waals surface area contributed by atoms with Gasteiger partial charge in [0.15, 0.2) is 5.13 Å². The van der Waals surface area contributed by atoms with Gasteiger partial charge in [0.25, 0.3) is 5.56 Å². The first-order valence-corrected chi connectivity index (χ1v) is 9.62. The molecule has 1 amide bonds. The molecule has 4 aromatic rings. The predicted octanol–water partition coefficient (Wildman–Crippen LogP) is 3.53. The summed E-state index contributed by atoms with van der Waals surface area (Å²) in [6.07, 6.45) is 1.41. The van der Waals surface area contributed by atoms with E-state index in [0.29, 0.717) is 16.0 Å². The van der Waals surface area contributed by atoms with Gasteiger partial charge in [-0.1, -0.05) is 18.2 Å². The highest BCUT2D eigenvalue weighted by atomic mass is 32.1. The van der Waals surface area contributed by atoms with Crippen LogP contribution in [0.1, 0.15) is 5.56 Å². The molecular weight excluding hydrogens is 368 g/mol. The molecule has 4 rings (SSSR count). The van der Waals surface area contributed by atoms with Crippen molar-refractivity contribution in [2.45, 2.75) is 13.5 Å². The lowest BCUT2D eigenvalue weighted by molar-refractivity contribution is -0.116. The van der Waals surface area contributed by atoms with Gasteiger partial charge in [-0.25, -0.2) is 9.97 Å². The molecule has 0 fully saturated rings. The normalized spacial score (nSPS) is 11.0. The summed E-state index contributed by atoms with van der Waals surface area (Å²) in [7, 11) is 0. The molecule has 26 heavy (non-hydrogen) atoms. The lowest BCUT2D eigenvalue weighted by Gasteiger charge is -2.07. The minimum atomic E-state index is -0.312. The Labute approximate surface area is 156 Å². The van der Waals surface area contributed by atoms with E-state index in [-0.39, 0.29) is 18.0 Å². The van der Waals surface area contributed by atoms with Crippen molar-refractivity contribution in [2.24, 2.45) is 0 Å². The second kappa shape index (κ2) is 6.81. The van der Waals surface area contributed by atoms with E-state index in [4.69, 9.17) is 0 Å². The minimum absolute atomic E-state index is 0.108. The van der Waals surface area contributed by atoms with Crippen LogP contribution in [-0.4, -0.2) is 20.4 Å². The maximum atomic E-state index is 12.6. The summed E-state index contributed by atoms with van der Waals surface area (Å²) in [6.45, 7) is 1.79. The zero-order valence-electron chi connectivity index (χ0n) is 13.8. The molecule has 0 atom stereocenters. The molecule has 8 heteroatoms. The molecule has 0 radical (unpaired) electrons. The van der Waals surface area contributed by atoms with E-state index < -0.39 is 0 Å². The number of carbonyl (C=O) groups is 1. The summed E-state index contributed by atoms with van der Waals surface area (Å²) in [6, 6.07) is 9.37. The monoisotopic (exact) mass is 382 g/mol. The Bertz CT molecular complexity index is 1150. The van der Waals surface area contributed by atoms with Crippen molar-refractivity contribution in [1.29, 1.82) is 0 Å². The van der Waals surface area contributed by atoms with Gasteiger partial charge in [-0.05, 0) is 30.0 Å². The average Bonchev–Trinajstić information content (AvgIpc) is 3.29. The first-order valence-electron chi connectivity index (χ1n) is 7.86. The number of nitrogens with one attached hydrogen (secondary N) is 1. The van der Waals surface area contributed by atoms with Gasteiger partial charge < -0.3 is 5.32 Å². The smallest absolute Gasteiger partial charge is 0.261 e. The second-order valence-corrected chi connectivity index (χ2v) is 7.52. The SMILES string of the molecule is Cc1cccc2c(=O)n(CC(=O)Nc3nc(-c4cccs4)cs3)cnc12. The van der Waals surface area contributed by atoms with Gasteiger partial charge in [-0.3, -0.25) is 14.2 Å². The van der Waals surface area contributed by atoms with Crippen LogP contribution in [0.4, 0.5) is 5.13 Å². The molecule has 130 valence electrons. The number of benzene rings is 1. The second-order valence-electron chi connectivity index (χ2n) is 5.71. The lowest BCUT2D eigenvalue weighted by atomic mass is 10.1. The Morgan fingerprint density at radius 3 is 2.92 bits per heavy atom. The summed E-state index contributed by atoms with van der Waals surface area (Å²) in [5.41, 5.74) is 2.20. The van der Waals surface area contributed by atoms with Gasteiger partial charge >= 0.3 is 0 Å². The molecule has 0 bridgehead atoms. The molecule has 6 nitrogen and oxygen atoms in total. The van der Waals surface area contributed by atoms with Crippen LogP contribution in [0.25, 0.3) is 21.5 Å². The molecule has 0 aliphatic rings. The average molecular weight is 382 g/mol. The van der Waals surface area contributed by atoms with Crippen LogP contribution in [0.2, 0.25) is 0 Å². The Morgan fingerprint density at radius 1 is 1.23 bits per heavy atom. The molecule has 0 saturated heterocycles. The fourth-order valence-corrected chi connectivity index (χ4v) is 4.12. The summed E-state index contributed by atoms with van der Waals surface area (Å²) >= 11 is 2.95. The van der Waals surface area contributed by atoms with Crippen LogP contribution in [0, 0.1) is 6.92 Å². The fraction of sp³-hybridized carbons (Fsp3) is 0.111. The molecule has 0 aliphatic carbocycles. The molecular formula is C18H14N4O2S2. The number of thiazole rings is 1. The van der Waals surface area contributed by atoms with Gasteiger partial charge in [0.05, 0.1) is 27.8 Å². The number of aryl methyl sites for hydroxylation is 1. The van der Waals surface area contributed by atoms with Crippen molar-refractivity contribution in [1.82, 2.24) is 14.5 Å². The Balaban J connectivity index is 1.53. The maximum absolute atomic E-state index is 12.6. The Hall–Kier alpha value is -2.84. The van der Waals surface area contributed by atoms with E-state index in [1.165, 1.54) is 22.2 Å². The number of para-hydroxylation sites is 1. The minimum Gasteiger partial charge on any atom is -0.300 e. The molecule has 1 aromatic carbocycles. The van der Waals surface area contributed by atoms with Crippen LogP contribution in [0.15, 0.2) is 52.2 Å². The van der Waals surface area contributed by atoms with Crippen molar-refractivity contribution in [2.75, 3.05) is 5.32 Å². The number of amides is 1. The summed E-state index contributed by atoms with van der Waals surface area (Å²) < 4.78 is 1.31.